The fraction of sp³-hybridized carbons (Fsp3) is 0.235. The zero-order valence-electron chi connectivity index (χ0n) is 14.0. The summed E-state index contributed by atoms with van der Waals surface area (Å²) >= 11 is 0. The molecule has 0 saturated carbocycles. The van der Waals surface area contributed by atoms with Crippen LogP contribution in [0.15, 0.2) is 47.4 Å². The molecule has 0 aliphatic rings. The third-order valence-electron chi connectivity index (χ3n) is 3.54. The first-order valence-corrected chi connectivity index (χ1v) is 9.14. The van der Waals surface area contributed by atoms with Gasteiger partial charge in [-0.05, 0) is 49.4 Å². The topological polar surface area (TPSA) is 82.0 Å². The second-order valence-corrected chi connectivity index (χ2v) is 7.44. The molecule has 2 N–H and O–H groups in total. The second-order valence-electron chi connectivity index (χ2n) is 5.73. The third-order valence-corrected chi connectivity index (χ3v) is 5.14. The smallest absolute Gasteiger partial charge is 0.383 e. The Bertz CT molecular complexity index is 952. The molecular formula is C17H15F4N3O2S. The highest BCUT2D eigenvalue weighted by atomic mass is 32.2. The lowest BCUT2D eigenvalue weighted by atomic mass is 10.1. The van der Waals surface area contributed by atoms with Gasteiger partial charge in [-0.1, -0.05) is 0 Å². The number of sulfonamides is 1. The predicted molar refractivity (Wildman–Crippen MR) is 90.8 cm³/mol. The number of hydrogen-bond donors (Lipinski definition) is 2. The van der Waals surface area contributed by atoms with Gasteiger partial charge in [-0.2, -0.15) is 18.4 Å². The molecule has 5 nitrogen and oxygen atoms in total. The van der Waals surface area contributed by atoms with Gasteiger partial charge in [0.1, 0.15) is 5.82 Å². The molecule has 0 aromatic heterocycles. The van der Waals surface area contributed by atoms with Crippen molar-refractivity contribution in [2.45, 2.75) is 24.0 Å². The molecule has 1 atom stereocenters. The minimum absolute atomic E-state index is 0.0777. The number of anilines is 1. The van der Waals surface area contributed by atoms with Crippen molar-refractivity contribution in [3.05, 3.63) is 59.4 Å². The van der Waals surface area contributed by atoms with Gasteiger partial charge in [0.05, 0.1) is 22.1 Å². The van der Waals surface area contributed by atoms with Crippen LogP contribution >= 0.6 is 0 Å². The van der Waals surface area contributed by atoms with Crippen LogP contribution in [0.2, 0.25) is 0 Å². The summed E-state index contributed by atoms with van der Waals surface area (Å²) in [6.07, 6.45) is -4.75. The monoisotopic (exact) mass is 401 g/mol. The molecule has 10 heteroatoms. The first-order chi connectivity index (χ1) is 12.5. The fourth-order valence-corrected chi connectivity index (χ4v) is 3.49. The molecule has 0 fully saturated rings. The Morgan fingerprint density at radius 1 is 1.15 bits per heavy atom. The zero-order chi connectivity index (χ0) is 20.2. The maximum absolute atomic E-state index is 13.1. The average molecular weight is 401 g/mol. The van der Waals surface area contributed by atoms with E-state index in [0.29, 0.717) is 11.6 Å². The molecule has 0 saturated heterocycles. The molecule has 0 spiro atoms. The van der Waals surface area contributed by atoms with E-state index in [1.807, 2.05) is 6.07 Å². The molecule has 0 bridgehead atoms. The predicted octanol–water partition coefficient (Wildman–Crippen LogP) is 3.50. The summed E-state index contributed by atoms with van der Waals surface area (Å²) in [5.74, 6) is -1.03. The third kappa shape index (κ3) is 5.42. The molecule has 2 rings (SSSR count). The molecular weight excluding hydrogens is 386 g/mol. The number of benzene rings is 2. The van der Waals surface area contributed by atoms with Crippen molar-refractivity contribution in [3.8, 4) is 6.07 Å². The van der Waals surface area contributed by atoms with Gasteiger partial charge < -0.3 is 5.32 Å². The highest BCUT2D eigenvalue weighted by Crippen LogP contribution is 2.35. The summed E-state index contributed by atoms with van der Waals surface area (Å²) in [4.78, 5) is -0.0777. The number of rotatable bonds is 6. The number of nitrogens with zero attached hydrogens (tertiary/aromatic N) is 1. The molecule has 144 valence electrons. The van der Waals surface area contributed by atoms with E-state index in [1.165, 1.54) is 31.2 Å². The van der Waals surface area contributed by atoms with Gasteiger partial charge in [-0.3, -0.25) is 0 Å². The van der Waals surface area contributed by atoms with E-state index in [9.17, 15) is 26.0 Å². The van der Waals surface area contributed by atoms with Crippen LogP contribution in [0.3, 0.4) is 0 Å². The van der Waals surface area contributed by atoms with Crippen LogP contribution in [-0.4, -0.2) is 21.0 Å². The summed E-state index contributed by atoms with van der Waals surface area (Å²) in [5.41, 5.74) is -1.24. The van der Waals surface area contributed by atoms with Crippen molar-refractivity contribution in [2.75, 3.05) is 11.9 Å². The maximum Gasteiger partial charge on any atom is 0.418 e. The van der Waals surface area contributed by atoms with Gasteiger partial charge >= 0.3 is 6.18 Å². The summed E-state index contributed by atoms with van der Waals surface area (Å²) in [6, 6.07) is 8.47. The number of halogens is 4. The van der Waals surface area contributed by atoms with Crippen molar-refractivity contribution in [2.24, 2.45) is 0 Å². The van der Waals surface area contributed by atoms with Crippen molar-refractivity contribution >= 4 is 15.7 Å². The Hall–Kier alpha value is -2.64. The van der Waals surface area contributed by atoms with Crippen LogP contribution < -0.4 is 10.0 Å². The van der Waals surface area contributed by atoms with Gasteiger partial charge in [-0.25, -0.2) is 17.5 Å². The Kier molecular flexibility index (Phi) is 6.08. The Morgan fingerprint density at radius 3 is 2.33 bits per heavy atom. The molecule has 0 radical (unpaired) electrons. The van der Waals surface area contributed by atoms with Gasteiger partial charge in [0, 0.05) is 18.3 Å². The Labute approximate surface area is 153 Å². The summed E-state index contributed by atoms with van der Waals surface area (Å²) in [6.45, 7) is 1.30. The van der Waals surface area contributed by atoms with Crippen molar-refractivity contribution in [1.29, 1.82) is 5.26 Å². The molecule has 2 aromatic carbocycles. The molecule has 0 aliphatic heterocycles. The van der Waals surface area contributed by atoms with Crippen molar-refractivity contribution in [1.82, 2.24) is 4.72 Å². The highest BCUT2D eigenvalue weighted by Gasteiger charge is 2.34. The van der Waals surface area contributed by atoms with E-state index >= 15 is 0 Å². The normalized spacial score (nSPS) is 13.0. The van der Waals surface area contributed by atoms with E-state index in [4.69, 9.17) is 5.26 Å². The van der Waals surface area contributed by atoms with Gasteiger partial charge in [-0.15, -0.1) is 0 Å². The largest absolute Gasteiger partial charge is 0.418 e. The van der Waals surface area contributed by atoms with E-state index in [0.717, 1.165) is 12.1 Å². The Morgan fingerprint density at radius 2 is 1.78 bits per heavy atom. The second kappa shape index (κ2) is 7.94. The molecule has 0 heterocycles. The first-order valence-electron chi connectivity index (χ1n) is 7.66. The van der Waals surface area contributed by atoms with Crippen LogP contribution in [-0.2, 0) is 16.2 Å². The minimum Gasteiger partial charge on any atom is -0.383 e. The molecule has 0 aliphatic carbocycles. The lowest BCUT2D eigenvalue weighted by Gasteiger charge is -2.18. The summed E-state index contributed by atoms with van der Waals surface area (Å²) in [7, 11) is -3.92. The van der Waals surface area contributed by atoms with Crippen LogP contribution in [0.1, 0.15) is 18.1 Å². The highest BCUT2D eigenvalue weighted by molar-refractivity contribution is 7.89. The van der Waals surface area contributed by atoms with Crippen LogP contribution in [0.4, 0.5) is 23.2 Å². The van der Waals surface area contributed by atoms with Crippen LogP contribution in [0.5, 0.6) is 0 Å². The summed E-state index contributed by atoms with van der Waals surface area (Å²) < 4.78 is 78.9. The number of alkyl halides is 3. The molecule has 0 unspecified atom stereocenters. The molecule has 2 aromatic rings. The van der Waals surface area contributed by atoms with Gasteiger partial charge in [0.25, 0.3) is 0 Å². The fourth-order valence-electron chi connectivity index (χ4n) is 2.25. The minimum atomic E-state index is -4.75. The average Bonchev–Trinajstić information content (AvgIpc) is 2.59. The van der Waals surface area contributed by atoms with Crippen molar-refractivity contribution < 1.29 is 26.0 Å². The first kappa shape index (κ1) is 20.7. The SMILES string of the molecule is C[C@H](CNc1ccc(F)cc1C(F)(F)F)NS(=O)(=O)c1ccc(C#N)cc1. The Balaban J connectivity index is 2.08. The lowest BCUT2D eigenvalue weighted by Crippen LogP contribution is -2.37. The van der Waals surface area contributed by atoms with E-state index in [1.54, 1.807) is 0 Å². The number of nitriles is 1. The molecule has 27 heavy (non-hydrogen) atoms. The van der Waals surface area contributed by atoms with Gasteiger partial charge in [0.15, 0.2) is 0 Å². The van der Waals surface area contributed by atoms with Crippen LogP contribution in [0.25, 0.3) is 0 Å². The van der Waals surface area contributed by atoms with E-state index in [-0.39, 0.29) is 17.1 Å². The van der Waals surface area contributed by atoms with Gasteiger partial charge in [0.2, 0.25) is 10.0 Å². The lowest BCUT2D eigenvalue weighted by molar-refractivity contribution is -0.137. The van der Waals surface area contributed by atoms with E-state index < -0.39 is 33.6 Å². The standard InChI is InChI=1S/C17H15F4N3O2S/c1-11(24-27(25,26)14-5-2-12(9-22)3-6-14)10-23-16-7-4-13(18)8-15(16)17(19,20)21/h2-8,11,23-24H,10H2,1H3/t11-/m1/s1. The molecule has 0 amide bonds. The van der Waals surface area contributed by atoms with Crippen molar-refractivity contribution in [3.63, 3.8) is 0 Å². The maximum atomic E-state index is 13.1. The van der Waals surface area contributed by atoms with Crippen LogP contribution in [0, 0.1) is 17.1 Å². The number of hydrogen-bond acceptors (Lipinski definition) is 4. The zero-order valence-corrected chi connectivity index (χ0v) is 14.8. The van der Waals surface area contributed by atoms with E-state index in [2.05, 4.69) is 10.0 Å². The number of nitrogens with one attached hydrogen (secondary N) is 2. The quantitative estimate of drug-likeness (QED) is 0.726. The summed E-state index contributed by atoms with van der Waals surface area (Å²) in [5, 5.41) is 11.2.